The van der Waals surface area contributed by atoms with Crippen molar-refractivity contribution in [3.8, 4) is 0 Å². The number of nitrogens with zero attached hydrogens (tertiary/aromatic N) is 1. The Balaban J connectivity index is 1.70. The summed E-state index contributed by atoms with van der Waals surface area (Å²) in [6, 6.07) is -0.763. The van der Waals surface area contributed by atoms with Gasteiger partial charge in [0.2, 0.25) is 15.9 Å². The molecule has 0 unspecified atom stereocenters. The van der Waals surface area contributed by atoms with Gasteiger partial charge in [0.05, 0.1) is 5.25 Å². The fraction of sp³-hybridized carbons (Fsp3) is 0.737. The molecule has 1 saturated heterocycles. The lowest BCUT2D eigenvalue weighted by Gasteiger charge is -2.29. The largest absolute Gasteiger partial charge is 0.444 e. The number of hydrogen-bond acceptors (Lipinski definition) is 6. The van der Waals surface area contributed by atoms with E-state index in [0.717, 1.165) is 0 Å². The Morgan fingerprint density at radius 1 is 1.21 bits per heavy atom. The SMILES string of the molecule is C=C[C@@H]1C[C@]1(NC(=O)[C@@H]1CCCN1C(=O)OC(C)(C)C)C(=O)NS(=O)(=O)C1CC1. The predicted molar refractivity (Wildman–Crippen MR) is 105 cm³/mol. The summed E-state index contributed by atoms with van der Waals surface area (Å²) in [5.74, 6) is -1.60. The molecule has 1 aliphatic heterocycles. The number of sulfonamides is 1. The van der Waals surface area contributed by atoms with Crippen molar-refractivity contribution in [2.45, 2.75) is 75.3 Å². The first-order valence-corrected chi connectivity index (χ1v) is 11.4. The van der Waals surface area contributed by atoms with Crippen molar-refractivity contribution in [2.75, 3.05) is 6.54 Å². The maximum absolute atomic E-state index is 12.9. The number of carbonyl (C=O) groups excluding carboxylic acids is 3. The van der Waals surface area contributed by atoms with E-state index < -0.39 is 50.4 Å². The topological polar surface area (TPSA) is 122 Å². The van der Waals surface area contributed by atoms with Crippen molar-refractivity contribution in [1.29, 1.82) is 0 Å². The summed E-state index contributed by atoms with van der Waals surface area (Å²) in [5.41, 5.74) is -2.04. The highest BCUT2D eigenvalue weighted by atomic mass is 32.2. The molecule has 0 aromatic rings. The fourth-order valence-electron chi connectivity index (χ4n) is 3.60. The molecule has 3 aliphatic rings. The minimum Gasteiger partial charge on any atom is -0.444 e. The fourth-order valence-corrected chi connectivity index (χ4v) is 4.96. The van der Waals surface area contributed by atoms with E-state index in [4.69, 9.17) is 4.74 Å². The zero-order valence-electron chi connectivity index (χ0n) is 17.1. The highest BCUT2D eigenvalue weighted by Gasteiger charge is 2.61. The highest BCUT2D eigenvalue weighted by molar-refractivity contribution is 7.91. The Kier molecular flexibility index (Phi) is 5.44. The summed E-state index contributed by atoms with van der Waals surface area (Å²) in [6.07, 6.45) is 3.36. The Hall–Kier alpha value is -2.10. The zero-order valence-corrected chi connectivity index (χ0v) is 17.9. The molecule has 0 spiro atoms. The number of likely N-dealkylation sites (tertiary alicyclic amines) is 1. The molecule has 3 amide bonds. The van der Waals surface area contributed by atoms with E-state index in [2.05, 4.69) is 16.6 Å². The lowest BCUT2D eigenvalue weighted by Crippen LogP contribution is -2.56. The molecule has 0 aromatic heterocycles. The van der Waals surface area contributed by atoms with Gasteiger partial charge >= 0.3 is 6.09 Å². The molecule has 0 aromatic carbocycles. The second kappa shape index (κ2) is 7.30. The smallest absolute Gasteiger partial charge is 0.410 e. The van der Waals surface area contributed by atoms with Crippen molar-refractivity contribution < 1.29 is 27.5 Å². The molecule has 3 atom stereocenters. The minimum atomic E-state index is -3.73. The normalized spacial score (nSPS) is 29.1. The maximum atomic E-state index is 12.9. The average Bonchev–Trinajstić information content (AvgIpc) is 3.50. The third kappa shape index (κ3) is 4.57. The van der Waals surface area contributed by atoms with E-state index in [1.807, 2.05) is 0 Å². The molecule has 0 bridgehead atoms. The van der Waals surface area contributed by atoms with E-state index in [9.17, 15) is 22.8 Å². The molecular formula is C19H29N3O6S. The Morgan fingerprint density at radius 2 is 1.86 bits per heavy atom. The lowest BCUT2D eigenvalue weighted by atomic mass is 10.1. The quantitative estimate of drug-likeness (QED) is 0.611. The maximum Gasteiger partial charge on any atom is 0.410 e. The molecule has 162 valence electrons. The number of ether oxygens (including phenoxy) is 1. The van der Waals surface area contributed by atoms with Crippen molar-refractivity contribution in [3.63, 3.8) is 0 Å². The first kappa shape index (κ1) is 21.6. The summed E-state index contributed by atoms with van der Waals surface area (Å²) < 4.78 is 31.8. The van der Waals surface area contributed by atoms with Crippen LogP contribution in [0.5, 0.6) is 0 Å². The van der Waals surface area contributed by atoms with Gasteiger partial charge in [0.25, 0.3) is 5.91 Å². The molecule has 10 heteroatoms. The standard InChI is InChI=1S/C19H29N3O6S/c1-5-12-11-19(12,16(24)21-29(26,27)13-8-9-13)20-15(23)14-7-6-10-22(14)17(25)28-18(2,3)4/h5,12-14H,1,6-11H2,2-4H3,(H,20,23)(H,21,24)/t12-,14+,19-/m1/s1. The van der Waals surface area contributed by atoms with Crippen LogP contribution in [0.4, 0.5) is 4.79 Å². The summed E-state index contributed by atoms with van der Waals surface area (Å²) >= 11 is 0. The monoisotopic (exact) mass is 427 g/mol. The first-order chi connectivity index (χ1) is 13.4. The third-order valence-electron chi connectivity index (χ3n) is 5.43. The van der Waals surface area contributed by atoms with Crippen molar-refractivity contribution in [2.24, 2.45) is 5.92 Å². The van der Waals surface area contributed by atoms with Crippen molar-refractivity contribution in [1.82, 2.24) is 14.9 Å². The van der Waals surface area contributed by atoms with Crippen molar-refractivity contribution in [3.05, 3.63) is 12.7 Å². The van der Waals surface area contributed by atoms with Crippen LogP contribution in [0.1, 0.15) is 52.9 Å². The van der Waals surface area contributed by atoms with E-state index in [1.165, 1.54) is 11.0 Å². The van der Waals surface area contributed by atoms with E-state index in [0.29, 0.717) is 32.2 Å². The summed E-state index contributed by atoms with van der Waals surface area (Å²) in [5, 5.41) is 2.16. The number of amides is 3. The Morgan fingerprint density at radius 3 is 2.38 bits per heavy atom. The van der Waals surface area contributed by atoms with Crippen molar-refractivity contribution >= 4 is 27.9 Å². The van der Waals surface area contributed by atoms with Gasteiger partial charge in [-0.05, 0) is 52.9 Å². The van der Waals surface area contributed by atoms with Crippen LogP contribution in [0.15, 0.2) is 12.7 Å². The highest BCUT2D eigenvalue weighted by Crippen LogP contribution is 2.45. The molecule has 3 fully saturated rings. The van der Waals surface area contributed by atoms with Gasteiger partial charge < -0.3 is 10.1 Å². The van der Waals surface area contributed by atoms with Gasteiger partial charge in [-0.1, -0.05) is 6.08 Å². The van der Waals surface area contributed by atoms with Crippen LogP contribution < -0.4 is 10.0 Å². The van der Waals surface area contributed by atoms with Crippen LogP contribution in [-0.4, -0.2) is 60.2 Å². The molecule has 9 nitrogen and oxygen atoms in total. The molecule has 2 N–H and O–H groups in total. The van der Waals surface area contributed by atoms with Gasteiger partial charge in [-0.3, -0.25) is 19.2 Å². The minimum absolute atomic E-state index is 0.271. The van der Waals surface area contributed by atoms with Gasteiger partial charge in [0, 0.05) is 12.5 Å². The molecule has 29 heavy (non-hydrogen) atoms. The Labute approximate surface area is 171 Å². The van der Waals surface area contributed by atoms with Crippen LogP contribution in [0, 0.1) is 5.92 Å². The number of rotatable bonds is 6. The van der Waals surface area contributed by atoms with E-state index in [-0.39, 0.29) is 12.3 Å². The first-order valence-electron chi connectivity index (χ1n) is 9.90. The second-order valence-electron chi connectivity index (χ2n) is 9.01. The molecule has 2 aliphatic carbocycles. The van der Waals surface area contributed by atoms with Gasteiger partial charge in [-0.15, -0.1) is 6.58 Å². The van der Waals surface area contributed by atoms with Crippen LogP contribution in [0.25, 0.3) is 0 Å². The third-order valence-corrected chi connectivity index (χ3v) is 7.25. The lowest BCUT2D eigenvalue weighted by molar-refractivity contribution is -0.131. The van der Waals surface area contributed by atoms with Gasteiger partial charge in [0.15, 0.2) is 0 Å². The Bertz CT molecular complexity index is 829. The zero-order chi connectivity index (χ0) is 21.6. The van der Waals surface area contributed by atoms with E-state index >= 15 is 0 Å². The molecular weight excluding hydrogens is 398 g/mol. The second-order valence-corrected chi connectivity index (χ2v) is 11.0. The van der Waals surface area contributed by atoms with Crippen LogP contribution in [-0.2, 0) is 24.3 Å². The van der Waals surface area contributed by atoms with Gasteiger partial charge in [0.1, 0.15) is 17.2 Å². The van der Waals surface area contributed by atoms with Crippen LogP contribution in [0.2, 0.25) is 0 Å². The number of nitrogens with one attached hydrogen (secondary N) is 2. The molecule has 3 rings (SSSR count). The summed E-state index contributed by atoms with van der Waals surface area (Å²) in [4.78, 5) is 39.5. The van der Waals surface area contributed by atoms with Crippen LogP contribution in [0.3, 0.4) is 0 Å². The van der Waals surface area contributed by atoms with Crippen LogP contribution >= 0.6 is 0 Å². The molecule has 1 heterocycles. The molecule has 0 radical (unpaired) electrons. The van der Waals surface area contributed by atoms with Gasteiger partial charge in [-0.2, -0.15) is 0 Å². The van der Waals surface area contributed by atoms with E-state index in [1.54, 1.807) is 20.8 Å². The average molecular weight is 428 g/mol. The number of hydrogen-bond donors (Lipinski definition) is 2. The predicted octanol–water partition coefficient (Wildman–Crippen LogP) is 1.06. The summed E-state index contributed by atoms with van der Waals surface area (Å²) in [7, 11) is -3.73. The van der Waals surface area contributed by atoms with Gasteiger partial charge in [-0.25, -0.2) is 13.2 Å². The molecule has 2 saturated carbocycles. The number of carbonyl (C=O) groups is 3. The summed E-state index contributed by atoms with van der Waals surface area (Å²) in [6.45, 7) is 9.28.